The molecule has 0 radical (unpaired) electrons. The van der Waals surface area contributed by atoms with Gasteiger partial charge in [-0.25, -0.2) is 18.5 Å². The van der Waals surface area contributed by atoms with Crippen LogP contribution in [0.3, 0.4) is 0 Å². The van der Waals surface area contributed by atoms with Crippen LogP contribution in [0.25, 0.3) is 10.2 Å². The molecule has 3 aromatic rings. The maximum atomic E-state index is 12.8. The van der Waals surface area contributed by atoms with Crippen molar-refractivity contribution in [3.8, 4) is 0 Å². The number of fused-ring (bicyclic) bond motifs is 1. The zero-order valence-electron chi connectivity index (χ0n) is 14.6. The minimum atomic E-state index is -3.79. The van der Waals surface area contributed by atoms with Crippen LogP contribution in [0.5, 0.6) is 0 Å². The molecule has 1 amide bonds. The van der Waals surface area contributed by atoms with E-state index in [1.165, 1.54) is 23.5 Å². The second-order valence-electron chi connectivity index (χ2n) is 6.46. The molecule has 1 heterocycles. The minimum Gasteiger partial charge on any atom is -0.301 e. The molecule has 142 valence electrons. The first-order valence-electron chi connectivity index (χ1n) is 8.15. The summed E-state index contributed by atoms with van der Waals surface area (Å²) in [5.74, 6) is -0.484. The molecule has 0 saturated heterocycles. The fourth-order valence-electron chi connectivity index (χ4n) is 2.83. The number of sulfonamides is 1. The summed E-state index contributed by atoms with van der Waals surface area (Å²) in [7, 11) is -3.79. The topological polar surface area (TPSA) is 102 Å². The van der Waals surface area contributed by atoms with Crippen LogP contribution in [0.1, 0.15) is 25.3 Å². The highest BCUT2D eigenvalue weighted by Gasteiger charge is 2.25. The summed E-state index contributed by atoms with van der Waals surface area (Å²) in [4.78, 5) is 17.2. The lowest BCUT2D eigenvalue weighted by Crippen LogP contribution is -2.25. The second kappa shape index (κ2) is 7.55. The van der Waals surface area contributed by atoms with Gasteiger partial charge < -0.3 is 5.32 Å². The zero-order valence-corrected chi connectivity index (χ0v) is 17.0. The van der Waals surface area contributed by atoms with E-state index in [1.807, 2.05) is 26.0 Å². The fourth-order valence-corrected chi connectivity index (χ4v) is 4.48. The maximum Gasteiger partial charge on any atom is 0.238 e. The van der Waals surface area contributed by atoms with Crippen molar-refractivity contribution in [1.29, 1.82) is 0 Å². The van der Waals surface area contributed by atoms with E-state index in [-0.39, 0.29) is 22.6 Å². The summed E-state index contributed by atoms with van der Waals surface area (Å²) in [5.41, 5.74) is 1.46. The summed E-state index contributed by atoms with van der Waals surface area (Å²) < 4.78 is 23.6. The van der Waals surface area contributed by atoms with Crippen molar-refractivity contribution >= 4 is 54.2 Å². The molecule has 3 rings (SSSR count). The number of hydrogen-bond acceptors (Lipinski definition) is 5. The molecule has 0 saturated carbocycles. The Balaban J connectivity index is 1.88. The number of thiazole rings is 1. The van der Waals surface area contributed by atoms with E-state index < -0.39 is 10.0 Å². The number of rotatable bonds is 5. The Labute approximate surface area is 166 Å². The maximum absolute atomic E-state index is 12.8. The number of hydrogen-bond donors (Lipinski definition) is 2. The van der Waals surface area contributed by atoms with Crippen LogP contribution >= 0.6 is 22.9 Å². The van der Waals surface area contributed by atoms with E-state index in [4.69, 9.17) is 16.7 Å². The molecule has 1 atom stereocenters. The van der Waals surface area contributed by atoms with Crippen LogP contribution in [0.4, 0.5) is 5.13 Å². The molecule has 0 aliphatic heterocycles. The summed E-state index contributed by atoms with van der Waals surface area (Å²) in [6.45, 7) is 3.94. The number of benzene rings is 2. The van der Waals surface area contributed by atoms with Crippen molar-refractivity contribution in [3.63, 3.8) is 0 Å². The van der Waals surface area contributed by atoms with Gasteiger partial charge in [0.25, 0.3) is 0 Å². The van der Waals surface area contributed by atoms with E-state index in [0.29, 0.717) is 20.4 Å². The van der Waals surface area contributed by atoms with Gasteiger partial charge in [-0.15, -0.1) is 0 Å². The average molecular weight is 424 g/mol. The van der Waals surface area contributed by atoms with Gasteiger partial charge in [0.2, 0.25) is 15.9 Å². The Hall–Kier alpha value is -2.00. The normalized spacial score (nSPS) is 13.1. The van der Waals surface area contributed by atoms with Crippen molar-refractivity contribution in [1.82, 2.24) is 4.98 Å². The van der Waals surface area contributed by atoms with Gasteiger partial charge in [-0.2, -0.15) is 0 Å². The quantitative estimate of drug-likeness (QED) is 0.647. The summed E-state index contributed by atoms with van der Waals surface area (Å²) in [6, 6.07) is 11.6. The number of aromatic nitrogens is 1. The minimum absolute atomic E-state index is 0.0118. The van der Waals surface area contributed by atoms with Gasteiger partial charge in [0.1, 0.15) is 0 Å². The highest BCUT2D eigenvalue weighted by molar-refractivity contribution is 7.89. The van der Waals surface area contributed by atoms with Crippen molar-refractivity contribution in [2.24, 2.45) is 11.1 Å². The number of primary sulfonamides is 1. The van der Waals surface area contributed by atoms with Crippen LogP contribution in [-0.2, 0) is 14.8 Å². The first kappa shape index (κ1) is 19.8. The van der Waals surface area contributed by atoms with Crippen LogP contribution in [0, 0.1) is 5.92 Å². The molecule has 0 spiro atoms. The van der Waals surface area contributed by atoms with Gasteiger partial charge in [0, 0.05) is 5.02 Å². The van der Waals surface area contributed by atoms with Crippen LogP contribution in [0.2, 0.25) is 5.02 Å². The number of nitrogens with two attached hydrogens (primary N) is 1. The van der Waals surface area contributed by atoms with Gasteiger partial charge >= 0.3 is 0 Å². The van der Waals surface area contributed by atoms with Gasteiger partial charge in [0.15, 0.2) is 5.13 Å². The lowest BCUT2D eigenvalue weighted by Gasteiger charge is -2.20. The molecular weight excluding hydrogens is 406 g/mol. The van der Waals surface area contributed by atoms with Crippen molar-refractivity contribution in [2.75, 3.05) is 5.32 Å². The van der Waals surface area contributed by atoms with E-state index in [1.54, 1.807) is 18.2 Å². The third-order valence-electron chi connectivity index (χ3n) is 4.10. The number of nitrogens with one attached hydrogen (secondary N) is 1. The van der Waals surface area contributed by atoms with Crippen molar-refractivity contribution < 1.29 is 13.2 Å². The SMILES string of the molecule is CC(C)[C@H](C(=O)Nc1nc2ccc(S(N)(=O)=O)cc2s1)c1ccc(Cl)cc1. The molecule has 3 N–H and O–H groups in total. The Morgan fingerprint density at radius 2 is 1.85 bits per heavy atom. The Bertz CT molecular complexity index is 1090. The fraction of sp³-hybridized carbons (Fsp3) is 0.222. The molecule has 0 aliphatic carbocycles. The first-order chi connectivity index (χ1) is 12.6. The molecule has 0 fully saturated rings. The van der Waals surface area contributed by atoms with Gasteiger partial charge in [-0.3, -0.25) is 4.79 Å². The molecule has 9 heteroatoms. The molecule has 2 aromatic carbocycles. The molecule has 6 nitrogen and oxygen atoms in total. The lowest BCUT2D eigenvalue weighted by atomic mass is 9.88. The molecular formula is C18H18ClN3O3S2. The summed E-state index contributed by atoms with van der Waals surface area (Å²) >= 11 is 7.13. The number of anilines is 1. The van der Waals surface area contributed by atoms with E-state index in [9.17, 15) is 13.2 Å². The monoisotopic (exact) mass is 423 g/mol. The molecule has 0 bridgehead atoms. The molecule has 0 unspecified atom stereocenters. The zero-order chi connectivity index (χ0) is 19.8. The van der Waals surface area contributed by atoms with Crippen LogP contribution in [0.15, 0.2) is 47.4 Å². The Morgan fingerprint density at radius 3 is 2.44 bits per heavy atom. The highest BCUT2D eigenvalue weighted by atomic mass is 35.5. The smallest absolute Gasteiger partial charge is 0.238 e. The number of amides is 1. The summed E-state index contributed by atoms with van der Waals surface area (Å²) in [5, 5.41) is 9.01. The van der Waals surface area contributed by atoms with Crippen molar-refractivity contribution in [3.05, 3.63) is 53.1 Å². The average Bonchev–Trinajstić information content (AvgIpc) is 2.97. The van der Waals surface area contributed by atoms with Crippen LogP contribution in [-0.4, -0.2) is 19.3 Å². The second-order valence-corrected chi connectivity index (χ2v) is 9.48. The Morgan fingerprint density at radius 1 is 1.19 bits per heavy atom. The largest absolute Gasteiger partial charge is 0.301 e. The number of nitrogens with zero attached hydrogens (tertiary/aromatic N) is 1. The predicted molar refractivity (Wildman–Crippen MR) is 109 cm³/mol. The van der Waals surface area contributed by atoms with Crippen LogP contribution < -0.4 is 10.5 Å². The van der Waals surface area contributed by atoms with E-state index in [0.717, 1.165) is 5.56 Å². The van der Waals surface area contributed by atoms with Gasteiger partial charge in [0.05, 0.1) is 21.0 Å². The highest BCUT2D eigenvalue weighted by Crippen LogP contribution is 2.31. The lowest BCUT2D eigenvalue weighted by molar-refractivity contribution is -0.118. The van der Waals surface area contributed by atoms with E-state index >= 15 is 0 Å². The predicted octanol–water partition coefficient (Wildman–Crippen LogP) is 3.98. The number of carbonyl (C=O) groups excluding carboxylic acids is 1. The van der Waals surface area contributed by atoms with Crippen molar-refractivity contribution in [2.45, 2.75) is 24.7 Å². The first-order valence-corrected chi connectivity index (χ1v) is 10.9. The van der Waals surface area contributed by atoms with E-state index in [2.05, 4.69) is 10.3 Å². The summed E-state index contributed by atoms with van der Waals surface area (Å²) in [6.07, 6.45) is 0. The standard InChI is InChI=1S/C18H18ClN3O3S2/c1-10(2)16(11-3-5-12(19)6-4-11)17(23)22-18-21-14-8-7-13(27(20,24)25)9-15(14)26-18/h3-10,16H,1-2H3,(H2,20,24,25)(H,21,22,23)/t16-/m0/s1. The van der Waals surface area contributed by atoms with Gasteiger partial charge in [-0.1, -0.05) is 48.9 Å². The molecule has 0 aliphatic rings. The number of carbonyl (C=O) groups is 1. The molecule has 1 aromatic heterocycles. The Kier molecular flexibility index (Phi) is 5.53. The third-order valence-corrected chi connectivity index (χ3v) is 6.19. The third kappa shape index (κ3) is 4.47. The number of halogens is 1. The van der Waals surface area contributed by atoms with Gasteiger partial charge in [-0.05, 0) is 41.8 Å². The molecule has 27 heavy (non-hydrogen) atoms.